The molecule has 1 aliphatic heterocycles. The molecule has 0 saturated carbocycles. The molecule has 2 unspecified atom stereocenters. The van der Waals surface area contributed by atoms with Gasteiger partial charge in [0.05, 0.1) is 18.3 Å². The number of β-amino-alcohol motifs (C(OH)–C–C–N with tert-alkyl or cyclic N) is 1. The van der Waals surface area contributed by atoms with Crippen molar-refractivity contribution in [3.8, 4) is 5.75 Å². The molecule has 1 aliphatic rings. The molecule has 1 heterocycles. The van der Waals surface area contributed by atoms with Crippen LogP contribution >= 0.6 is 0 Å². The number of hydrogen-bond acceptors (Lipinski definition) is 3. The van der Waals surface area contributed by atoms with Gasteiger partial charge in [-0.15, -0.1) is 0 Å². The molecule has 2 atom stereocenters. The lowest BCUT2D eigenvalue weighted by atomic mass is 9.86. The third-order valence-corrected chi connectivity index (χ3v) is 4.94. The molecule has 146 valence electrons. The van der Waals surface area contributed by atoms with Crippen molar-refractivity contribution >= 4 is 0 Å². The van der Waals surface area contributed by atoms with Crippen LogP contribution in [-0.2, 0) is 6.18 Å². The minimum absolute atomic E-state index is 0.260. The summed E-state index contributed by atoms with van der Waals surface area (Å²) in [6, 6.07) is 14.9. The van der Waals surface area contributed by atoms with Crippen molar-refractivity contribution in [2.45, 2.75) is 31.0 Å². The van der Waals surface area contributed by atoms with Gasteiger partial charge in [0.15, 0.2) is 0 Å². The van der Waals surface area contributed by atoms with E-state index < -0.39 is 17.8 Å². The van der Waals surface area contributed by atoms with Crippen LogP contribution < -0.4 is 4.74 Å². The standard InChI is InChI=1S/C21H24F3NO2/c22-21(23,24)17-7-4-6-16(14-17)19-10-12-25(15-20(19)26)11-5-13-27-18-8-2-1-3-9-18/h1-4,6-9,14,19-20,26H,5,10-13,15H2. The van der Waals surface area contributed by atoms with Gasteiger partial charge in [0.1, 0.15) is 5.75 Å². The van der Waals surface area contributed by atoms with Crippen molar-refractivity contribution in [2.75, 3.05) is 26.2 Å². The third kappa shape index (κ3) is 5.47. The van der Waals surface area contributed by atoms with Crippen molar-refractivity contribution in [3.63, 3.8) is 0 Å². The Labute approximate surface area is 157 Å². The third-order valence-electron chi connectivity index (χ3n) is 4.94. The SMILES string of the molecule is OC1CN(CCCOc2ccccc2)CCC1c1cccc(C(F)(F)F)c1. The number of aliphatic hydroxyl groups is 1. The average Bonchev–Trinajstić information content (AvgIpc) is 2.66. The van der Waals surface area contributed by atoms with Gasteiger partial charge in [-0.05, 0) is 43.1 Å². The molecular weight excluding hydrogens is 355 g/mol. The molecule has 3 nitrogen and oxygen atoms in total. The molecule has 1 saturated heterocycles. The van der Waals surface area contributed by atoms with Crippen LogP contribution in [0.3, 0.4) is 0 Å². The zero-order valence-corrected chi connectivity index (χ0v) is 15.0. The molecule has 1 N–H and O–H groups in total. The summed E-state index contributed by atoms with van der Waals surface area (Å²) in [6.07, 6.45) is -3.56. The summed E-state index contributed by atoms with van der Waals surface area (Å²) in [5.74, 6) is 0.574. The molecule has 0 aliphatic carbocycles. The summed E-state index contributed by atoms with van der Waals surface area (Å²) in [7, 11) is 0. The first-order valence-corrected chi connectivity index (χ1v) is 9.19. The van der Waals surface area contributed by atoms with Crippen molar-refractivity contribution in [2.24, 2.45) is 0 Å². The summed E-state index contributed by atoms with van der Waals surface area (Å²) in [4.78, 5) is 2.14. The second-order valence-electron chi connectivity index (χ2n) is 6.90. The van der Waals surface area contributed by atoms with Crippen LogP contribution in [0.2, 0.25) is 0 Å². The monoisotopic (exact) mass is 379 g/mol. The van der Waals surface area contributed by atoms with E-state index in [-0.39, 0.29) is 5.92 Å². The number of benzene rings is 2. The van der Waals surface area contributed by atoms with Gasteiger partial charge in [-0.2, -0.15) is 13.2 Å². The van der Waals surface area contributed by atoms with E-state index in [2.05, 4.69) is 4.90 Å². The molecule has 0 amide bonds. The van der Waals surface area contributed by atoms with Crippen molar-refractivity contribution < 1.29 is 23.0 Å². The van der Waals surface area contributed by atoms with Gasteiger partial charge in [-0.25, -0.2) is 0 Å². The van der Waals surface area contributed by atoms with Gasteiger partial charge in [0.2, 0.25) is 0 Å². The molecule has 6 heteroatoms. The molecule has 2 aromatic rings. The van der Waals surface area contributed by atoms with Crippen LogP contribution in [0, 0.1) is 0 Å². The van der Waals surface area contributed by atoms with Crippen LogP contribution in [0.15, 0.2) is 54.6 Å². The first-order valence-electron chi connectivity index (χ1n) is 9.19. The maximum atomic E-state index is 12.9. The van der Waals surface area contributed by atoms with Gasteiger partial charge in [-0.3, -0.25) is 0 Å². The number of nitrogens with zero attached hydrogens (tertiary/aromatic N) is 1. The molecule has 0 radical (unpaired) electrons. The fourth-order valence-corrected chi connectivity index (χ4v) is 3.53. The number of rotatable bonds is 6. The number of alkyl halides is 3. The number of hydrogen-bond donors (Lipinski definition) is 1. The molecule has 0 aromatic heterocycles. The lowest BCUT2D eigenvalue weighted by Gasteiger charge is -2.36. The van der Waals surface area contributed by atoms with E-state index in [1.165, 1.54) is 6.07 Å². The second kappa shape index (κ2) is 8.76. The lowest BCUT2D eigenvalue weighted by Crippen LogP contribution is -2.43. The number of ether oxygens (including phenoxy) is 1. The highest BCUT2D eigenvalue weighted by molar-refractivity contribution is 5.29. The molecule has 2 aromatic carbocycles. The van der Waals surface area contributed by atoms with E-state index in [0.717, 1.165) is 37.4 Å². The maximum Gasteiger partial charge on any atom is 0.416 e. The number of para-hydroxylation sites is 1. The van der Waals surface area contributed by atoms with Crippen LogP contribution in [-0.4, -0.2) is 42.4 Å². The van der Waals surface area contributed by atoms with Crippen LogP contribution in [0.1, 0.15) is 29.9 Å². The van der Waals surface area contributed by atoms with E-state index in [4.69, 9.17) is 4.74 Å². The lowest BCUT2D eigenvalue weighted by molar-refractivity contribution is -0.137. The Morgan fingerprint density at radius 3 is 2.56 bits per heavy atom. The largest absolute Gasteiger partial charge is 0.494 e. The predicted octanol–water partition coefficient (Wildman–Crippen LogP) is 4.32. The summed E-state index contributed by atoms with van der Waals surface area (Å²) in [5.41, 5.74) is -0.0999. The normalized spacial score (nSPS) is 21.2. The Bertz CT molecular complexity index is 721. The zero-order valence-electron chi connectivity index (χ0n) is 15.0. The Morgan fingerprint density at radius 1 is 1.07 bits per heavy atom. The van der Waals surface area contributed by atoms with Gasteiger partial charge < -0.3 is 14.7 Å². The first kappa shape index (κ1) is 19.7. The molecular formula is C21H24F3NO2. The minimum atomic E-state index is -4.36. The van der Waals surface area contributed by atoms with Crippen LogP contribution in [0.5, 0.6) is 5.75 Å². The van der Waals surface area contributed by atoms with Crippen LogP contribution in [0.4, 0.5) is 13.2 Å². The Balaban J connectivity index is 1.48. The summed E-state index contributed by atoms with van der Waals surface area (Å²) < 4.78 is 44.4. The summed E-state index contributed by atoms with van der Waals surface area (Å²) in [6.45, 7) is 2.60. The molecule has 0 bridgehead atoms. The first-order chi connectivity index (χ1) is 12.9. The zero-order chi connectivity index (χ0) is 19.3. The molecule has 27 heavy (non-hydrogen) atoms. The molecule has 3 rings (SSSR count). The Hall–Kier alpha value is -2.05. The summed E-state index contributed by atoms with van der Waals surface area (Å²) >= 11 is 0. The maximum absolute atomic E-state index is 12.9. The molecule has 0 spiro atoms. The minimum Gasteiger partial charge on any atom is -0.494 e. The predicted molar refractivity (Wildman–Crippen MR) is 97.8 cm³/mol. The number of aliphatic hydroxyl groups excluding tert-OH is 1. The van der Waals surface area contributed by atoms with Gasteiger partial charge >= 0.3 is 6.18 Å². The quantitative estimate of drug-likeness (QED) is 0.759. The van der Waals surface area contributed by atoms with Crippen molar-refractivity contribution in [1.29, 1.82) is 0 Å². The number of piperidine rings is 1. The fraction of sp³-hybridized carbons (Fsp3) is 0.429. The second-order valence-corrected chi connectivity index (χ2v) is 6.90. The Morgan fingerprint density at radius 2 is 1.85 bits per heavy atom. The Kier molecular flexibility index (Phi) is 6.39. The van der Waals surface area contributed by atoms with Gasteiger partial charge in [0.25, 0.3) is 0 Å². The number of likely N-dealkylation sites (tertiary alicyclic amines) is 1. The van der Waals surface area contributed by atoms with E-state index in [0.29, 0.717) is 25.1 Å². The van der Waals surface area contributed by atoms with E-state index in [1.807, 2.05) is 30.3 Å². The van der Waals surface area contributed by atoms with Gasteiger partial charge in [-0.1, -0.05) is 36.4 Å². The molecule has 1 fully saturated rings. The number of halogens is 3. The fourth-order valence-electron chi connectivity index (χ4n) is 3.53. The van der Waals surface area contributed by atoms with Crippen LogP contribution in [0.25, 0.3) is 0 Å². The van der Waals surface area contributed by atoms with Crippen molar-refractivity contribution in [3.05, 3.63) is 65.7 Å². The topological polar surface area (TPSA) is 32.7 Å². The van der Waals surface area contributed by atoms with E-state index in [1.54, 1.807) is 6.07 Å². The van der Waals surface area contributed by atoms with Gasteiger partial charge in [0, 0.05) is 19.0 Å². The van der Waals surface area contributed by atoms with E-state index >= 15 is 0 Å². The highest BCUT2D eigenvalue weighted by Gasteiger charge is 2.33. The van der Waals surface area contributed by atoms with E-state index in [9.17, 15) is 18.3 Å². The van der Waals surface area contributed by atoms with Crippen molar-refractivity contribution in [1.82, 2.24) is 4.90 Å². The highest BCUT2D eigenvalue weighted by atomic mass is 19.4. The summed E-state index contributed by atoms with van der Waals surface area (Å²) in [5, 5.41) is 10.5. The average molecular weight is 379 g/mol. The highest BCUT2D eigenvalue weighted by Crippen LogP contribution is 2.34. The smallest absolute Gasteiger partial charge is 0.416 e.